The summed E-state index contributed by atoms with van der Waals surface area (Å²) in [5, 5.41) is 27.3. The van der Waals surface area contributed by atoms with Gasteiger partial charge < -0.3 is 0 Å². The first-order valence-corrected chi connectivity index (χ1v) is 17.0. The fraction of sp³-hybridized carbons (Fsp3) is 0. The van der Waals surface area contributed by atoms with Gasteiger partial charge in [0.15, 0.2) is 0 Å². The number of nitro benzene ring substituents is 2. The minimum absolute atomic E-state index is 0.0642. The molecular weight excluding hydrogens is 622 g/mol. The van der Waals surface area contributed by atoms with Gasteiger partial charge in [-0.15, -0.1) is 0 Å². The van der Waals surface area contributed by atoms with Gasteiger partial charge in [0.1, 0.15) is 0 Å². The Morgan fingerprint density at radius 1 is 0.553 bits per heavy atom. The van der Waals surface area contributed by atoms with Crippen LogP contribution in [0.3, 0.4) is 0 Å². The Morgan fingerprint density at radius 3 is 1.24 bits per heavy atom. The summed E-state index contributed by atoms with van der Waals surface area (Å²) in [4.78, 5) is 46.7. The SMILES string of the molecule is O=C(Nc1ccc([N+](=O)[O-])cc1)c1ccccc1[Se][Se]c1ccccc1C(=O)Nc1ccc([N+](=O)[O-])cc1. The first kappa shape index (κ1) is 26.7. The van der Waals surface area contributed by atoms with Gasteiger partial charge in [-0.2, -0.15) is 0 Å². The van der Waals surface area contributed by atoms with Crippen molar-refractivity contribution in [2.75, 3.05) is 10.6 Å². The number of carbonyl (C=O) groups excluding carboxylic acids is 2. The van der Waals surface area contributed by atoms with Crippen LogP contribution in [0.5, 0.6) is 0 Å². The third kappa shape index (κ3) is 6.70. The molecule has 4 aromatic rings. The molecule has 2 amide bonds. The van der Waals surface area contributed by atoms with Crippen LogP contribution in [0.15, 0.2) is 97.1 Å². The van der Waals surface area contributed by atoms with E-state index < -0.39 is 9.85 Å². The molecule has 190 valence electrons. The average Bonchev–Trinajstić information content (AvgIpc) is 2.92. The van der Waals surface area contributed by atoms with Crippen LogP contribution in [0.1, 0.15) is 20.7 Å². The van der Waals surface area contributed by atoms with E-state index >= 15 is 0 Å². The van der Waals surface area contributed by atoms with E-state index in [9.17, 15) is 29.8 Å². The summed E-state index contributed by atoms with van der Waals surface area (Å²) in [6, 6.07) is 25.7. The van der Waals surface area contributed by atoms with Crippen molar-refractivity contribution in [1.82, 2.24) is 0 Å². The van der Waals surface area contributed by atoms with Crippen LogP contribution in [0.4, 0.5) is 22.7 Å². The molecule has 12 heteroatoms. The Bertz CT molecular complexity index is 1400. The second-order valence-electron chi connectivity index (χ2n) is 7.68. The van der Waals surface area contributed by atoms with Gasteiger partial charge in [-0.3, -0.25) is 0 Å². The number of nitrogens with zero attached hydrogens (tertiary/aromatic N) is 2. The quantitative estimate of drug-likeness (QED) is 0.163. The number of hydrogen-bond donors (Lipinski definition) is 2. The number of amides is 2. The summed E-state index contributed by atoms with van der Waals surface area (Å²) < 4.78 is 1.73. The minimum atomic E-state index is -0.504. The maximum atomic E-state index is 13.0. The van der Waals surface area contributed by atoms with E-state index in [0.717, 1.165) is 8.92 Å². The van der Waals surface area contributed by atoms with Crippen LogP contribution in [0, 0.1) is 20.2 Å². The standard InChI is InChI=1S/C26H18N4O6Se2/c31-25(27-17-9-13-19(14-10-17)29(33)34)21-5-1-3-7-23(21)37-38-24-8-4-2-6-22(24)26(32)28-18-11-15-20(16-12-18)30(35)36/h1-16H,(H,27,31)(H,28,32). The van der Waals surface area contributed by atoms with E-state index in [1.54, 1.807) is 24.3 Å². The van der Waals surface area contributed by atoms with Crippen molar-refractivity contribution < 1.29 is 19.4 Å². The third-order valence-electron chi connectivity index (χ3n) is 5.16. The molecule has 0 bridgehead atoms. The molecule has 38 heavy (non-hydrogen) atoms. The van der Waals surface area contributed by atoms with Gasteiger partial charge in [0, 0.05) is 0 Å². The molecule has 0 saturated carbocycles. The second kappa shape index (κ2) is 12.3. The van der Waals surface area contributed by atoms with Crippen LogP contribution in [0.2, 0.25) is 0 Å². The Labute approximate surface area is 227 Å². The molecule has 0 aliphatic rings. The van der Waals surface area contributed by atoms with Crippen LogP contribution >= 0.6 is 0 Å². The van der Waals surface area contributed by atoms with Crippen molar-refractivity contribution in [1.29, 1.82) is 0 Å². The van der Waals surface area contributed by atoms with E-state index in [4.69, 9.17) is 0 Å². The monoisotopic (exact) mass is 642 g/mol. The molecule has 0 aromatic heterocycles. The first-order chi connectivity index (χ1) is 18.3. The number of anilines is 2. The Morgan fingerprint density at radius 2 is 0.895 bits per heavy atom. The summed E-state index contributed by atoms with van der Waals surface area (Å²) in [5.41, 5.74) is 1.76. The van der Waals surface area contributed by atoms with Crippen molar-refractivity contribution >= 4 is 69.8 Å². The molecular formula is C26H18N4O6Se2. The summed E-state index contributed by atoms with van der Waals surface area (Å²) in [5.74, 6) is -0.646. The summed E-state index contributed by atoms with van der Waals surface area (Å²) in [7, 11) is 0. The second-order valence-corrected chi connectivity index (χ2v) is 13.9. The predicted octanol–water partition coefficient (Wildman–Crippen LogP) is 3.28. The van der Waals surface area contributed by atoms with Crippen LogP contribution in [0.25, 0.3) is 0 Å². The number of nitrogens with one attached hydrogen (secondary N) is 2. The molecule has 0 heterocycles. The third-order valence-corrected chi connectivity index (χ3v) is 12.4. The van der Waals surface area contributed by atoms with Gasteiger partial charge in [-0.1, -0.05) is 0 Å². The number of rotatable bonds is 9. The van der Waals surface area contributed by atoms with Crippen LogP contribution in [-0.4, -0.2) is 47.9 Å². The van der Waals surface area contributed by atoms with Crippen LogP contribution in [-0.2, 0) is 0 Å². The molecule has 4 rings (SSSR count). The molecule has 0 radical (unpaired) electrons. The van der Waals surface area contributed by atoms with Gasteiger partial charge in [0.25, 0.3) is 0 Å². The van der Waals surface area contributed by atoms with Crippen molar-refractivity contribution in [2.45, 2.75) is 0 Å². The number of hydrogen-bond acceptors (Lipinski definition) is 6. The summed E-state index contributed by atoms with van der Waals surface area (Å²) in [6.45, 7) is 0. The number of non-ortho nitro benzene ring substituents is 2. The normalized spacial score (nSPS) is 10.4. The van der Waals surface area contributed by atoms with E-state index in [1.807, 2.05) is 24.3 Å². The zero-order valence-corrected chi connectivity index (χ0v) is 22.8. The van der Waals surface area contributed by atoms with Crippen molar-refractivity contribution in [2.24, 2.45) is 0 Å². The molecule has 0 saturated heterocycles. The van der Waals surface area contributed by atoms with E-state index in [2.05, 4.69) is 10.6 Å². The molecule has 0 atom stereocenters. The first-order valence-electron chi connectivity index (χ1n) is 11.0. The van der Waals surface area contributed by atoms with E-state index in [0.29, 0.717) is 22.5 Å². The van der Waals surface area contributed by atoms with Gasteiger partial charge in [0.2, 0.25) is 0 Å². The van der Waals surface area contributed by atoms with Gasteiger partial charge in [-0.05, 0) is 0 Å². The van der Waals surface area contributed by atoms with Gasteiger partial charge >= 0.3 is 228 Å². The summed E-state index contributed by atoms with van der Waals surface area (Å²) in [6.07, 6.45) is 0. The van der Waals surface area contributed by atoms with Gasteiger partial charge in [0.05, 0.1) is 0 Å². The zero-order chi connectivity index (χ0) is 27.1. The van der Waals surface area contributed by atoms with Crippen molar-refractivity contribution in [3.8, 4) is 0 Å². The van der Waals surface area contributed by atoms with E-state index in [-0.39, 0.29) is 49.5 Å². The molecule has 0 spiro atoms. The Kier molecular flexibility index (Phi) is 8.62. The molecule has 0 fully saturated rings. The Balaban J connectivity index is 1.46. The van der Waals surface area contributed by atoms with E-state index in [1.165, 1.54) is 48.5 Å². The molecule has 4 aromatic carbocycles. The number of carbonyl (C=O) groups is 2. The van der Waals surface area contributed by atoms with Gasteiger partial charge in [-0.25, -0.2) is 0 Å². The maximum absolute atomic E-state index is 13.0. The van der Waals surface area contributed by atoms with Crippen molar-refractivity contribution in [3.63, 3.8) is 0 Å². The number of benzene rings is 4. The predicted molar refractivity (Wildman–Crippen MR) is 146 cm³/mol. The fourth-order valence-electron chi connectivity index (χ4n) is 3.27. The average molecular weight is 640 g/mol. The number of nitro groups is 2. The van der Waals surface area contributed by atoms with Crippen molar-refractivity contribution in [3.05, 3.63) is 128 Å². The molecule has 0 aliphatic heterocycles. The molecule has 0 unspecified atom stereocenters. The molecule has 10 nitrogen and oxygen atoms in total. The molecule has 2 N–H and O–H groups in total. The fourth-order valence-corrected chi connectivity index (χ4v) is 10.4. The Hall–Kier alpha value is -4.34. The zero-order valence-electron chi connectivity index (χ0n) is 19.4. The summed E-state index contributed by atoms with van der Waals surface area (Å²) >= 11 is -0.277. The topological polar surface area (TPSA) is 144 Å². The van der Waals surface area contributed by atoms with Crippen LogP contribution < -0.4 is 19.6 Å². The molecule has 0 aliphatic carbocycles.